The first-order chi connectivity index (χ1) is 9.11. The van der Waals surface area contributed by atoms with Gasteiger partial charge in [-0.1, -0.05) is 18.2 Å². The highest BCUT2D eigenvalue weighted by atomic mass is 16.3. The number of carbonyl (C=O) groups is 1. The molecular formula is C13H14N2O4. The minimum Gasteiger partial charge on any atom is -0.394 e. The Balaban J connectivity index is 2.33. The van der Waals surface area contributed by atoms with E-state index in [0.29, 0.717) is 10.9 Å². The summed E-state index contributed by atoms with van der Waals surface area (Å²) in [5.41, 5.74) is 0.443. The van der Waals surface area contributed by atoms with Crippen LogP contribution in [0.2, 0.25) is 0 Å². The van der Waals surface area contributed by atoms with Crippen LogP contribution in [-0.2, 0) is 0 Å². The molecule has 1 atom stereocenters. The smallest absolute Gasteiger partial charge is 0.252 e. The van der Waals surface area contributed by atoms with Crippen molar-refractivity contribution in [2.45, 2.75) is 6.10 Å². The topological polar surface area (TPSA) is 102 Å². The van der Waals surface area contributed by atoms with Gasteiger partial charge >= 0.3 is 0 Å². The van der Waals surface area contributed by atoms with Crippen molar-refractivity contribution >= 4 is 16.8 Å². The van der Waals surface area contributed by atoms with Crippen molar-refractivity contribution in [3.05, 3.63) is 46.2 Å². The molecule has 0 saturated heterocycles. The summed E-state index contributed by atoms with van der Waals surface area (Å²) in [7, 11) is 0. The van der Waals surface area contributed by atoms with Gasteiger partial charge in [0.05, 0.1) is 18.3 Å². The Labute approximate surface area is 108 Å². The minimum absolute atomic E-state index is 0.0730. The zero-order valence-electron chi connectivity index (χ0n) is 10.1. The number of para-hydroxylation sites is 1. The molecule has 0 aliphatic carbocycles. The molecule has 4 N–H and O–H groups in total. The second-order valence-electron chi connectivity index (χ2n) is 4.14. The van der Waals surface area contributed by atoms with Crippen LogP contribution in [0, 0.1) is 0 Å². The number of aromatic amines is 1. The monoisotopic (exact) mass is 262 g/mol. The van der Waals surface area contributed by atoms with Crippen molar-refractivity contribution in [1.82, 2.24) is 10.3 Å². The Bertz CT molecular complexity index is 650. The van der Waals surface area contributed by atoms with Gasteiger partial charge in [-0.05, 0) is 6.07 Å². The molecule has 0 fully saturated rings. The standard InChI is InChI=1S/C13H14N2O4/c16-7-8(17)6-14-13(19)10-5-12(18)15-11-4-2-1-3-9(10)11/h1-5,8,16-17H,6-7H2,(H,14,19)(H,15,18). The van der Waals surface area contributed by atoms with Crippen LogP contribution in [0.15, 0.2) is 35.1 Å². The summed E-state index contributed by atoms with van der Waals surface area (Å²) in [5, 5.41) is 21.0. The number of hydrogen-bond acceptors (Lipinski definition) is 4. The Kier molecular flexibility index (Phi) is 3.94. The lowest BCUT2D eigenvalue weighted by molar-refractivity contribution is 0.0803. The number of rotatable bonds is 4. The van der Waals surface area contributed by atoms with Crippen LogP contribution in [0.25, 0.3) is 10.9 Å². The van der Waals surface area contributed by atoms with Crippen molar-refractivity contribution in [1.29, 1.82) is 0 Å². The molecule has 1 heterocycles. The van der Waals surface area contributed by atoms with Gasteiger partial charge in [0, 0.05) is 23.5 Å². The quantitative estimate of drug-likeness (QED) is 0.602. The fourth-order valence-electron chi connectivity index (χ4n) is 1.76. The van der Waals surface area contributed by atoms with Gasteiger partial charge in [-0.15, -0.1) is 0 Å². The van der Waals surface area contributed by atoms with E-state index in [-0.39, 0.29) is 17.7 Å². The van der Waals surface area contributed by atoms with E-state index in [4.69, 9.17) is 5.11 Å². The molecular weight excluding hydrogens is 248 g/mol. The SMILES string of the molecule is O=C(NCC(O)CO)c1cc(=O)[nH]c2ccccc12. The van der Waals surface area contributed by atoms with Crippen LogP contribution in [0.1, 0.15) is 10.4 Å². The average Bonchev–Trinajstić information content (AvgIpc) is 2.43. The molecule has 1 aromatic heterocycles. The molecule has 0 aliphatic rings. The summed E-state index contributed by atoms with van der Waals surface area (Å²) in [4.78, 5) is 26.1. The van der Waals surface area contributed by atoms with E-state index < -0.39 is 18.6 Å². The summed E-state index contributed by atoms with van der Waals surface area (Å²) in [6.45, 7) is -0.507. The van der Waals surface area contributed by atoms with Gasteiger partial charge in [-0.25, -0.2) is 0 Å². The van der Waals surface area contributed by atoms with Crippen molar-refractivity contribution in [3.8, 4) is 0 Å². The summed E-state index contributed by atoms with van der Waals surface area (Å²) >= 11 is 0. The number of amides is 1. The second kappa shape index (κ2) is 5.64. The number of nitrogens with one attached hydrogen (secondary N) is 2. The molecule has 1 amide bonds. The predicted octanol–water partition coefficient (Wildman–Crippen LogP) is -0.389. The highest BCUT2D eigenvalue weighted by Gasteiger charge is 2.12. The molecule has 1 aromatic carbocycles. The van der Waals surface area contributed by atoms with Crippen LogP contribution in [0.5, 0.6) is 0 Å². The highest BCUT2D eigenvalue weighted by Crippen LogP contribution is 2.14. The molecule has 6 heteroatoms. The van der Waals surface area contributed by atoms with Crippen LogP contribution < -0.4 is 10.9 Å². The number of pyridine rings is 1. The molecule has 0 saturated carbocycles. The van der Waals surface area contributed by atoms with Gasteiger partial charge in [-0.3, -0.25) is 9.59 Å². The lowest BCUT2D eigenvalue weighted by Crippen LogP contribution is -2.34. The molecule has 0 bridgehead atoms. The maximum atomic E-state index is 12.0. The zero-order chi connectivity index (χ0) is 13.8. The van der Waals surface area contributed by atoms with E-state index in [1.807, 2.05) is 0 Å². The fraction of sp³-hybridized carbons (Fsp3) is 0.231. The molecule has 19 heavy (non-hydrogen) atoms. The first-order valence-electron chi connectivity index (χ1n) is 5.81. The lowest BCUT2D eigenvalue weighted by Gasteiger charge is -2.10. The van der Waals surface area contributed by atoms with Gasteiger partial charge < -0.3 is 20.5 Å². The third-order valence-corrected chi connectivity index (χ3v) is 2.70. The van der Waals surface area contributed by atoms with Gasteiger partial charge in [0.25, 0.3) is 5.91 Å². The zero-order valence-corrected chi connectivity index (χ0v) is 10.1. The van der Waals surface area contributed by atoms with Gasteiger partial charge in [0.15, 0.2) is 0 Å². The first kappa shape index (κ1) is 13.3. The Morgan fingerprint density at radius 2 is 2.11 bits per heavy atom. The number of aromatic nitrogens is 1. The Morgan fingerprint density at radius 3 is 2.84 bits per heavy atom. The maximum absolute atomic E-state index is 12.0. The number of carbonyl (C=O) groups excluding carboxylic acids is 1. The van der Waals surface area contributed by atoms with Crippen LogP contribution in [0.4, 0.5) is 0 Å². The molecule has 2 rings (SSSR count). The summed E-state index contributed by atoms with van der Waals surface area (Å²) in [6.07, 6.45) is -1.02. The van der Waals surface area contributed by atoms with Gasteiger partial charge in [0.1, 0.15) is 0 Å². The lowest BCUT2D eigenvalue weighted by atomic mass is 10.1. The fourth-order valence-corrected chi connectivity index (χ4v) is 1.76. The van der Waals surface area contributed by atoms with Gasteiger partial charge in [0.2, 0.25) is 5.56 Å². The number of fused-ring (bicyclic) bond motifs is 1. The van der Waals surface area contributed by atoms with Crippen molar-refractivity contribution < 1.29 is 15.0 Å². The summed E-state index contributed by atoms with van der Waals surface area (Å²) in [5.74, 6) is -0.463. The van der Waals surface area contributed by atoms with Crippen molar-refractivity contribution in [3.63, 3.8) is 0 Å². The molecule has 0 spiro atoms. The van der Waals surface area contributed by atoms with E-state index in [0.717, 1.165) is 0 Å². The Hall–Kier alpha value is -2.18. The van der Waals surface area contributed by atoms with E-state index in [1.165, 1.54) is 6.07 Å². The minimum atomic E-state index is -1.02. The normalized spacial score (nSPS) is 12.3. The molecule has 2 aromatic rings. The third-order valence-electron chi connectivity index (χ3n) is 2.70. The van der Waals surface area contributed by atoms with Crippen molar-refractivity contribution in [2.75, 3.05) is 13.2 Å². The van der Waals surface area contributed by atoms with E-state index in [2.05, 4.69) is 10.3 Å². The number of hydrogen-bond donors (Lipinski definition) is 4. The summed E-state index contributed by atoms with van der Waals surface area (Å²) < 4.78 is 0. The average molecular weight is 262 g/mol. The van der Waals surface area contributed by atoms with E-state index in [9.17, 15) is 14.7 Å². The maximum Gasteiger partial charge on any atom is 0.252 e. The van der Waals surface area contributed by atoms with E-state index in [1.54, 1.807) is 24.3 Å². The second-order valence-corrected chi connectivity index (χ2v) is 4.14. The number of benzene rings is 1. The molecule has 0 aliphatic heterocycles. The highest BCUT2D eigenvalue weighted by molar-refractivity contribution is 6.05. The molecule has 100 valence electrons. The van der Waals surface area contributed by atoms with E-state index >= 15 is 0 Å². The van der Waals surface area contributed by atoms with Crippen LogP contribution in [0.3, 0.4) is 0 Å². The van der Waals surface area contributed by atoms with Crippen LogP contribution in [-0.4, -0.2) is 40.4 Å². The Morgan fingerprint density at radius 1 is 1.37 bits per heavy atom. The third kappa shape index (κ3) is 2.98. The number of aliphatic hydroxyl groups excluding tert-OH is 2. The molecule has 6 nitrogen and oxygen atoms in total. The first-order valence-corrected chi connectivity index (χ1v) is 5.81. The summed E-state index contributed by atoms with van der Waals surface area (Å²) in [6, 6.07) is 8.16. The number of H-pyrrole nitrogens is 1. The number of aliphatic hydroxyl groups is 2. The van der Waals surface area contributed by atoms with Crippen molar-refractivity contribution in [2.24, 2.45) is 0 Å². The molecule has 1 unspecified atom stereocenters. The largest absolute Gasteiger partial charge is 0.394 e. The molecule has 0 radical (unpaired) electrons. The predicted molar refractivity (Wildman–Crippen MR) is 70.0 cm³/mol. The van der Waals surface area contributed by atoms with Crippen LogP contribution >= 0.6 is 0 Å². The van der Waals surface area contributed by atoms with Gasteiger partial charge in [-0.2, -0.15) is 0 Å².